The van der Waals surface area contributed by atoms with Crippen LogP contribution in [-0.2, 0) is 9.59 Å². The first kappa shape index (κ1) is 16.2. The lowest BCUT2D eigenvalue weighted by atomic mass is 9.62. The summed E-state index contributed by atoms with van der Waals surface area (Å²) in [6, 6.07) is 7.60. The molecule has 0 heterocycles. The van der Waals surface area contributed by atoms with Crippen molar-refractivity contribution in [2.45, 2.75) is 51.0 Å². The molecule has 4 nitrogen and oxygen atoms in total. The number of ether oxygens (including phenoxy) is 1. The second-order valence-electron chi connectivity index (χ2n) is 7.21. The molecule has 1 aromatic rings. The van der Waals surface area contributed by atoms with E-state index in [9.17, 15) is 14.7 Å². The van der Waals surface area contributed by atoms with Gasteiger partial charge in [0.05, 0.1) is 24.0 Å². The second-order valence-corrected chi connectivity index (χ2v) is 7.21. The predicted molar refractivity (Wildman–Crippen MR) is 86.4 cm³/mol. The van der Waals surface area contributed by atoms with Crippen molar-refractivity contribution in [1.82, 2.24) is 0 Å². The van der Waals surface area contributed by atoms with Gasteiger partial charge in [-0.3, -0.25) is 9.59 Å². The molecule has 1 N–H and O–H groups in total. The van der Waals surface area contributed by atoms with Crippen LogP contribution in [-0.4, -0.2) is 29.4 Å². The van der Waals surface area contributed by atoms with Crippen LogP contribution >= 0.6 is 0 Å². The van der Waals surface area contributed by atoms with Gasteiger partial charge in [-0.2, -0.15) is 0 Å². The number of rotatable bonds is 3. The van der Waals surface area contributed by atoms with Gasteiger partial charge in [-0.1, -0.05) is 12.1 Å². The van der Waals surface area contributed by atoms with Gasteiger partial charge in [0.25, 0.3) is 0 Å². The summed E-state index contributed by atoms with van der Waals surface area (Å²) in [5, 5.41) is 11.3. The fourth-order valence-electron chi connectivity index (χ4n) is 4.77. The molecule has 2 fully saturated rings. The fraction of sp³-hybridized carbons (Fsp3) is 0.579. The van der Waals surface area contributed by atoms with Crippen molar-refractivity contribution >= 4 is 11.6 Å². The minimum Gasteiger partial charge on any atom is -0.497 e. The lowest BCUT2D eigenvalue weighted by Gasteiger charge is -2.44. The largest absolute Gasteiger partial charge is 0.497 e. The Balaban J connectivity index is 2.06. The van der Waals surface area contributed by atoms with E-state index in [1.807, 2.05) is 31.2 Å². The van der Waals surface area contributed by atoms with Gasteiger partial charge in [0.15, 0.2) is 0 Å². The first-order valence-electron chi connectivity index (χ1n) is 8.23. The normalized spacial score (nSPS) is 36.6. The van der Waals surface area contributed by atoms with Crippen LogP contribution in [0.2, 0.25) is 0 Å². The maximum atomic E-state index is 12.6. The molecule has 0 aliphatic heterocycles. The van der Waals surface area contributed by atoms with E-state index < -0.39 is 16.9 Å². The Labute approximate surface area is 136 Å². The Morgan fingerprint density at radius 3 is 2.52 bits per heavy atom. The van der Waals surface area contributed by atoms with Gasteiger partial charge in [-0.25, -0.2) is 0 Å². The Kier molecular flexibility index (Phi) is 3.83. The first-order chi connectivity index (χ1) is 10.8. The molecule has 23 heavy (non-hydrogen) atoms. The van der Waals surface area contributed by atoms with Crippen LogP contribution in [0.15, 0.2) is 24.3 Å². The number of carbonyl (C=O) groups excluding carboxylic acids is 2. The summed E-state index contributed by atoms with van der Waals surface area (Å²) in [7, 11) is 1.61. The van der Waals surface area contributed by atoms with E-state index in [1.54, 1.807) is 7.11 Å². The van der Waals surface area contributed by atoms with Gasteiger partial charge in [0.1, 0.15) is 17.3 Å². The zero-order valence-corrected chi connectivity index (χ0v) is 14.0. The fourth-order valence-corrected chi connectivity index (χ4v) is 4.77. The Morgan fingerprint density at radius 1 is 1.30 bits per heavy atom. The number of hydrogen-bond acceptors (Lipinski definition) is 4. The van der Waals surface area contributed by atoms with Gasteiger partial charge < -0.3 is 9.84 Å². The third-order valence-electron chi connectivity index (χ3n) is 6.06. The number of ketones is 2. The molecule has 124 valence electrons. The average molecular weight is 316 g/mol. The highest BCUT2D eigenvalue weighted by atomic mass is 16.5. The first-order valence-corrected chi connectivity index (χ1v) is 8.23. The highest BCUT2D eigenvalue weighted by molar-refractivity contribution is 5.91. The quantitative estimate of drug-likeness (QED) is 0.931. The summed E-state index contributed by atoms with van der Waals surface area (Å²) in [4.78, 5) is 24.9. The van der Waals surface area contributed by atoms with Crippen molar-refractivity contribution < 1.29 is 19.4 Å². The van der Waals surface area contributed by atoms with Gasteiger partial charge in [-0.05, 0) is 56.7 Å². The average Bonchev–Trinajstić information content (AvgIpc) is 2.77. The van der Waals surface area contributed by atoms with E-state index in [4.69, 9.17) is 4.74 Å². The smallest absolute Gasteiger partial charge is 0.141 e. The van der Waals surface area contributed by atoms with Gasteiger partial charge in [0, 0.05) is 6.42 Å². The summed E-state index contributed by atoms with van der Waals surface area (Å²) in [5.41, 5.74) is -1.06. The summed E-state index contributed by atoms with van der Waals surface area (Å²) < 4.78 is 5.19. The van der Waals surface area contributed by atoms with E-state index in [-0.39, 0.29) is 17.5 Å². The van der Waals surface area contributed by atoms with Crippen LogP contribution in [0.5, 0.6) is 5.75 Å². The van der Waals surface area contributed by atoms with E-state index in [0.717, 1.165) is 11.3 Å². The van der Waals surface area contributed by atoms with Crippen molar-refractivity contribution in [2.24, 2.45) is 11.3 Å². The highest BCUT2D eigenvalue weighted by Gasteiger charge is 2.66. The molecule has 2 saturated carbocycles. The van der Waals surface area contributed by atoms with E-state index >= 15 is 0 Å². The number of hydrogen-bond donors (Lipinski definition) is 1. The number of carbonyl (C=O) groups is 2. The minimum atomic E-state index is -1.22. The molecule has 0 radical (unpaired) electrons. The number of benzene rings is 1. The zero-order valence-electron chi connectivity index (χ0n) is 14.0. The van der Waals surface area contributed by atoms with Crippen molar-refractivity contribution in [3.63, 3.8) is 0 Å². The van der Waals surface area contributed by atoms with Crippen molar-refractivity contribution in [3.8, 4) is 5.75 Å². The van der Waals surface area contributed by atoms with Crippen LogP contribution in [0.1, 0.15) is 51.0 Å². The van der Waals surface area contributed by atoms with Crippen LogP contribution < -0.4 is 4.74 Å². The summed E-state index contributed by atoms with van der Waals surface area (Å²) in [5.74, 6) is 0.158. The van der Waals surface area contributed by atoms with Gasteiger partial charge in [-0.15, -0.1) is 0 Å². The molecule has 0 amide bonds. The Morgan fingerprint density at radius 2 is 1.96 bits per heavy atom. The SMILES string of the molecule is COc1ccc([C@H]2C[C@@]3(C)C(=O)CCC[C@@]3(O)[C@@H]2C(C)=O)cc1. The molecule has 0 bridgehead atoms. The molecule has 4 atom stereocenters. The standard InChI is InChI=1S/C19H24O4/c1-12(20)17-15(13-6-8-14(23-3)9-7-13)11-18(2)16(21)5-4-10-19(17,18)22/h6-9,15,17,22H,4-5,10-11H2,1-3H3/t15-,17-,18+,19-/m1/s1. The Hall–Kier alpha value is -1.68. The topological polar surface area (TPSA) is 63.6 Å². The third kappa shape index (κ3) is 2.23. The molecule has 0 unspecified atom stereocenters. The highest BCUT2D eigenvalue weighted by Crippen LogP contribution is 2.61. The number of fused-ring (bicyclic) bond motifs is 1. The Bertz CT molecular complexity index is 635. The van der Waals surface area contributed by atoms with Crippen molar-refractivity contribution in [3.05, 3.63) is 29.8 Å². The van der Waals surface area contributed by atoms with E-state index in [1.165, 1.54) is 6.92 Å². The predicted octanol–water partition coefficient (Wildman–Crippen LogP) is 2.88. The maximum absolute atomic E-state index is 12.6. The molecule has 4 heteroatoms. The van der Waals surface area contributed by atoms with Crippen molar-refractivity contribution in [1.29, 1.82) is 0 Å². The molecule has 0 aromatic heterocycles. The van der Waals surface area contributed by atoms with Crippen molar-refractivity contribution in [2.75, 3.05) is 7.11 Å². The number of aliphatic hydroxyl groups is 1. The maximum Gasteiger partial charge on any atom is 0.141 e. The minimum absolute atomic E-state index is 0.0354. The third-order valence-corrected chi connectivity index (χ3v) is 6.06. The second kappa shape index (κ2) is 5.45. The summed E-state index contributed by atoms with van der Waals surface area (Å²) in [6.07, 6.45) is 2.20. The van der Waals surface area contributed by atoms with E-state index in [2.05, 4.69) is 0 Å². The van der Waals surface area contributed by atoms with Crippen LogP contribution in [0.25, 0.3) is 0 Å². The number of Topliss-reactive ketones (excluding diaryl/α,β-unsaturated/α-hetero) is 2. The summed E-state index contributed by atoms with van der Waals surface area (Å²) in [6.45, 7) is 3.37. The van der Waals surface area contributed by atoms with Crippen LogP contribution in [0, 0.1) is 11.3 Å². The zero-order chi connectivity index (χ0) is 16.8. The van der Waals surface area contributed by atoms with Gasteiger partial charge in [0.2, 0.25) is 0 Å². The molecule has 2 aliphatic rings. The molecule has 0 saturated heterocycles. The molecule has 2 aliphatic carbocycles. The molecule has 0 spiro atoms. The number of methoxy groups -OCH3 is 1. The molecular formula is C19H24O4. The van der Waals surface area contributed by atoms with Crippen LogP contribution in [0.4, 0.5) is 0 Å². The molecule has 1 aromatic carbocycles. The van der Waals surface area contributed by atoms with Crippen LogP contribution in [0.3, 0.4) is 0 Å². The summed E-state index contributed by atoms with van der Waals surface area (Å²) >= 11 is 0. The monoisotopic (exact) mass is 316 g/mol. The van der Waals surface area contributed by atoms with Gasteiger partial charge >= 0.3 is 0 Å². The lowest BCUT2D eigenvalue weighted by molar-refractivity contribution is -0.159. The lowest BCUT2D eigenvalue weighted by Crippen LogP contribution is -2.55. The van der Waals surface area contributed by atoms with E-state index in [0.29, 0.717) is 25.7 Å². The molecular weight excluding hydrogens is 292 g/mol. The molecule has 3 rings (SSSR count).